The van der Waals surface area contributed by atoms with Crippen molar-refractivity contribution in [1.82, 2.24) is 19.9 Å². The second-order valence-corrected chi connectivity index (χ2v) is 4.66. The van der Waals surface area contributed by atoms with Crippen LogP contribution in [0.5, 0.6) is 0 Å². The summed E-state index contributed by atoms with van der Waals surface area (Å²) >= 11 is 0. The van der Waals surface area contributed by atoms with Gasteiger partial charge in [0.2, 0.25) is 0 Å². The molecule has 5 nitrogen and oxygen atoms in total. The number of aryl methyl sites for hydroxylation is 1. The molecule has 1 heterocycles. The molecular formula is C14H21N5. The number of hydrogen-bond donors (Lipinski definition) is 1. The van der Waals surface area contributed by atoms with Gasteiger partial charge in [-0.25, -0.2) is 0 Å². The van der Waals surface area contributed by atoms with E-state index < -0.39 is 0 Å². The Morgan fingerprint density at radius 2 is 1.95 bits per heavy atom. The lowest BCUT2D eigenvalue weighted by Gasteiger charge is -2.20. The summed E-state index contributed by atoms with van der Waals surface area (Å²) in [4.78, 5) is 2.33. The SMILES string of the molecule is CCN(Cc1cn(C)nn1)Cc1ccccc1CN. The molecular weight excluding hydrogens is 238 g/mol. The summed E-state index contributed by atoms with van der Waals surface area (Å²) in [6, 6.07) is 8.32. The maximum absolute atomic E-state index is 5.78. The van der Waals surface area contributed by atoms with E-state index in [0.29, 0.717) is 6.54 Å². The molecule has 0 unspecified atom stereocenters. The van der Waals surface area contributed by atoms with Gasteiger partial charge in [-0.3, -0.25) is 9.58 Å². The summed E-state index contributed by atoms with van der Waals surface area (Å²) in [7, 11) is 1.89. The van der Waals surface area contributed by atoms with E-state index in [4.69, 9.17) is 5.73 Å². The van der Waals surface area contributed by atoms with Gasteiger partial charge in [0, 0.05) is 32.9 Å². The summed E-state index contributed by atoms with van der Waals surface area (Å²) in [5, 5.41) is 8.10. The highest BCUT2D eigenvalue weighted by Gasteiger charge is 2.09. The summed E-state index contributed by atoms with van der Waals surface area (Å²) in [5.74, 6) is 0. The Bertz CT molecular complexity index is 520. The van der Waals surface area contributed by atoms with Crippen molar-refractivity contribution in [3.05, 3.63) is 47.3 Å². The molecule has 0 aliphatic rings. The Morgan fingerprint density at radius 3 is 2.53 bits per heavy atom. The smallest absolute Gasteiger partial charge is 0.0967 e. The van der Waals surface area contributed by atoms with Crippen molar-refractivity contribution in [2.75, 3.05) is 6.54 Å². The molecule has 0 atom stereocenters. The van der Waals surface area contributed by atoms with Crippen LogP contribution in [0.25, 0.3) is 0 Å². The van der Waals surface area contributed by atoms with Crippen molar-refractivity contribution in [2.24, 2.45) is 12.8 Å². The van der Waals surface area contributed by atoms with Crippen molar-refractivity contribution in [3.8, 4) is 0 Å². The van der Waals surface area contributed by atoms with Crippen molar-refractivity contribution >= 4 is 0 Å². The number of rotatable bonds is 6. The molecule has 0 amide bonds. The van der Waals surface area contributed by atoms with Gasteiger partial charge in [0.25, 0.3) is 0 Å². The van der Waals surface area contributed by atoms with Crippen LogP contribution >= 0.6 is 0 Å². The van der Waals surface area contributed by atoms with Gasteiger partial charge in [-0.2, -0.15) is 0 Å². The zero-order chi connectivity index (χ0) is 13.7. The van der Waals surface area contributed by atoms with Crippen LogP contribution in [0.4, 0.5) is 0 Å². The van der Waals surface area contributed by atoms with Crippen LogP contribution in [0.2, 0.25) is 0 Å². The minimum absolute atomic E-state index is 0.582. The summed E-state index contributed by atoms with van der Waals surface area (Å²) in [6.07, 6.45) is 1.96. The first-order valence-corrected chi connectivity index (χ1v) is 6.57. The fraction of sp³-hybridized carbons (Fsp3) is 0.429. The minimum atomic E-state index is 0.582. The van der Waals surface area contributed by atoms with Crippen LogP contribution < -0.4 is 5.73 Å². The lowest BCUT2D eigenvalue weighted by molar-refractivity contribution is 0.267. The molecule has 1 aromatic heterocycles. The predicted octanol–water partition coefficient (Wildman–Crippen LogP) is 1.30. The molecule has 0 fully saturated rings. The first kappa shape index (κ1) is 13.7. The molecule has 19 heavy (non-hydrogen) atoms. The number of nitrogens with zero attached hydrogens (tertiary/aromatic N) is 4. The molecule has 2 rings (SSSR count). The third kappa shape index (κ3) is 3.62. The van der Waals surface area contributed by atoms with Crippen molar-refractivity contribution in [2.45, 2.75) is 26.6 Å². The number of benzene rings is 1. The number of hydrogen-bond acceptors (Lipinski definition) is 4. The second kappa shape index (κ2) is 6.45. The van der Waals surface area contributed by atoms with Gasteiger partial charge in [0.05, 0.1) is 5.69 Å². The maximum atomic E-state index is 5.78. The molecule has 2 aromatic rings. The first-order valence-electron chi connectivity index (χ1n) is 6.57. The van der Waals surface area contributed by atoms with Gasteiger partial charge in [-0.15, -0.1) is 5.10 Å². The number of nitrogens with two attached hydrogens (primary N) is 1. The van der Waals surface area contributed by atoms with Gasteiger partial charge < -0.3 is 5.73 Å². The van der Waals surface area contributed by atoms with E-state index >= 15 is 0 Å². The van der Waals surface area contributed by atoms with Crippen LogP contribution in [0.3, 0.4) is 0 Å². The van der Waals surface area contributed by atoms with Gasteiger partial charge in [-0.1, -0.05) is 36.4 Å². The molecule has 0 saturated heterocycles. The molecule has 0 aliphatic carbocycles. The Balaban J connectivity index is 2.06. The average Bonchev–Trinajstić information content (AvgIpc) is 2.84. The lowest BCUT2D eigenvalue weighted by atomic mass is 10.1. The fourth-order valence-corrected chi connectivity index (χ4v) is 2.13. The van der Waals surface area contributed by atoms with Crippen LogP contribution in [-0.4, -0.2) is 26.4 Å². The van der Waals surface area contributed by atoms with Crippen molar-refractivity contribution in [3.63, 3.8) is 0 Å². The molecule has 1 aromatic carbocycles. The summed E-state index contributed by atoms with van der Waals surface area (Å²) < 4.78 is 1.73. The Hall–Kier alpha value is -1.72. The average molecular weight is 259 g/mol. The third-order valence-electron chi connectivity index (χ3n) is 3.22. The monoisotopic (exact) mass is 259 g/mol. The van der Waals surface area contributed by atoms with Crippen LogP contribution in [0.15, 0.2) is 30.5 Å². The maximum Gasteiger partial charge on any atom is 0.0967 e. The normalized spacial score (nSPS) is 11.2. The summed E-state index contributed by atoms with van der Waals surface area (Å²) in [6.45, 7) is 5.40. The van der Waals surface area contributed by atoms with Crippen molar-refractivity contribution < 1.29 is 0 Å². The standard InChI is InChI=1S/C14H21N5/c1-3-19(11-14-10-18(2)17-16-14)9-13-7-5-4-6-12(13)8-15/h4-7,10H,3,8-9,11,15H2,1-2H3. The van der Waals surface area contributed by atoms with E-state index in [2.05, 4.69) is 40.3 Å². The van der Waals surface area contributed by atoms with E-state index in [1.165, 1.54) is 11.1 Å². The number of aromatic nitrogens is 3. The Kier molecular flexibility index (Phi) is 4.65. The fourth-order valence-electron chi connectivity index (χ4n) is 2.13. The minimum Gasteiger partial charge on any atom is -0.326 e. The predicted molar refractivity (Wildman–Crippen MR) is 75.1 cm³/mol. The first-order chi connectivity index (χ1) is 9.22. The highest BCUT2D eigenvalue weighted by molar-refractivity contribution is 5.26. The molecule has 0 radical (unpaired) electrons. The zero-order valence-corrected chi connectivity index (χ0v) is 11.6. The van der Waals surface area contributed by atoms with E-state index in [0.717, 1.165) is 25.3 Å². The van der Waals surface area contributed by atoms with Gasteiger partial charge in [0.15, 0.2) is 0 Å². The lowest BCUT2D eigenvalue weighted by Crippen LogP contribution is -2.23. The topological polar surface area (TPSA) is 60.0 Å². The molecule has 0 bridgehead atoms. The highest BCUT2D eigenvalue weighted by atomic mass is 15.4. The quantitative estimate of drug-likeness (QED) is 0.849. The van der Waals surface area contributed by atoms with E-state index in [1.54, 1.807) is 4.68 Å². The zero-order valence-electron chi connectivity index (χ0n) is 11.6. The van der Waals surface area contributed by atoms with Crippen LogP contribution in [0.1, 0.15) is 23.7 Å². The van der Waals surface area contributed by atoms with Crippen LogP contribution in [-0.2, 0) is 26.7 Å². The van der Waals surface area contributed by atoms with E-state index in [9.17, 15) is 0 Å². The van der Waals surface area contributed by atoms with E-state index in [1.807, 2.05) is 19.3 Å². The third-order valence-corrected chi connectivity index (χ3v) is 3.22. The Labute approximate surface area is 114 Å². The van der Waals surface area contributed by atoms with Gasteiger partial charge in [-0.05, 0) is 17.7 Å². The molecule has 0 spiro atoms. The highest BCUT2D eigenvalue weighted by Crippen LogP contribution is 2.12. The molecule has 2 N–H and O–H groups in total. The van der Waals surface area contributed by atoms with Crippen LogP contribution in [0, 0.1) is 0 Å². The molecule has 0 aliphatic heterocycles. The molecule has 5 heteroatoms. The second-order valence-electron chi connectivity index (χ2n) is 4.66. The Morgan fingerprint density at radius 1 is 1.21 bits per heavy atom. The van der Waals surface area contributed by atoms with Gasteiger partial charge in [0.1, 0.15) is 0 Å². The van der Waals surface area contributed by atoms with Gasteiger partial charge >= 0.3 is 0 Å². The van der Waals surface area contributed by atoms with Crippen molar-refractivity contribution in [1.29, 1.82) is 0 Å². The van der Waals surface area contributed by atoms with E-state index in [-0.39, 0.29) is 0 Å². The largest absolute Gasteiger partial charge is 0.326 e. The molecule has 0 saturated carbocycles. The molecule has 102 valence electrons. The summed E-state index contributed by atoms with van der Waals surface area (Å²) in [5.41, 5.74) is 9.27.